The fourth-order valence-electron chi connectivity index (χ4n) is 2.83. The zero-order valence-electron chi connectivity index (χ0n) is 14.6. The fourth-order valence-corrected chi connectivity index (χ4v) is 2.83. The molecule has 128 valence electrons. The molecule has 2 atom stereocenters. The Morgan fingerprint density at radius 3 is 2.91 bits per heavy atom. The van der Waals surface area contributed by atoms with E-state index in [4.69, 9.17) is 9.47 Å². The third-order valence-electron chi connectivity index (χ3n) is 4.46. The molecule has 1 N–H and O–H groups in total. The summed E-state index contributed by atoms with van der Waals surface area (Å²) in [4.78, 5) is 14.3. The lowest BCUT2D eigenvalue weighted by Crippen LogP contribution is -2.45. The zero-order chi connectivity index (χ0) is 16.8. The van der Waals surface area contributed by atoms with Crippen LogP contribution in [0, 0.1) is 6.92 Å². The molecule has 1 aromatic carbocycles. The molecule has 1 aliphatic heterocycles. The van der Waals surface area contributed by atoms with E-state index in [1.54, 1.807) is 7.11 Å². The molecule has 0 saturated carbocycles. The molecular formula is C18H28N2O3. The van der Waals surface area contributed by atoms with Crippen LogP contribution in [0.15, 0.2) is 18.2 Å². The van der Waals surface area contributed by atoms with E-state index in [0.29, 0.717) is 6.54 Å². The van der Waals surface area contributed by atoms with Crippen molar-refractivity contribution in [1.82, 2.24) is 10.2 Å². The number of benzene rings is 1. The Morgan fingerprint density at radius 1 is 1.52 bits per heavy atom. The van der Waals surface area contributed by atoms with Crippen molar-refractivity contribution < 1.29 is 14.3 Å². The Morgan fingerprint density at radius 2 is 2.30 bits per heavy atom. The number of nitrogens with one attached hydrogen (secondary N) is 1. The van der Waals surface area contributed by atoms with Gasteiger partial charge >= 0.3 is 0 Å². The van der Waals surface area contributed by atoms with Gasteiger partial charge in [-0.25, -0.2) is 0 Å². The van der Waals surface area contributed by atoms with Crippen LogP contribution in [0.25, 0.3) is 0 Å². The molecule has 0 radical (unpaired) electrons. The fraction of sp³-hybridized carbons (Fsp3) is 0.611. The number of aryl methyl sites for hydroxylation is 1. The molecule has 1 fully saturated rings. The SMILES string of the molecule is COc1ccc(CN(C)[C@H](C)C(=O)NC[C@@H]2CCCO2)cc1C. The molecule has 0 bridgehead atoms. The molecule has 1 aliphatic rings. The van der Waals surface area contributed by atoms with Crippen molar-refractivity contribution in [3.8, 4) is 5.75 Å². The summed E-state index contributed by atoms with van der Waals surface area (Å²) in [6, 6.07) is 5.94. The van der Waals surface area contributed by atoms with Crippen LogP contribution >= 0.6 is 0 Å². The van der Waals surface area contributed by atoms with Crippen LogP contribution in [0.5, 0.6) is 5.75 Å². The molecule has 5 heteroatoms. The summed E-state index contributed by atoms with van der Waals surface area (Å²) < 4.78 is 10.8. The van der Waals surface area contributed by atoms with Crippen LogP contribution in [0.2, 0.25) is 0 Å². The van der Waals surface area contributed by atoms with Gasteiger partial charge in [0.2, 0.25) is 5.91 Å². The van der Waals surface area contributed by atoms with Gasteiger partial charge in [-0.05, 0) is 50.9 Å². The second-order valence-corrected chi connectivity index (χ2v) is 6.28. The van der Waals surface area contributed by atoms with Gasteiger partial charge in [0.05, 0.1) is 19.3 Å². The highest BCUT2D eigenvalue weighted by molar-refractivity contribution is 5.81. The van der Waals surface area contributed by atoms with Crippen molar-refractivity contribution >= 4 is 5.91 Å². The highest BCUT2D eigenvalue weighted by atomic mass is 16.5. The highest BCUT2D eigenvalue weighted by Gasteiger charge is 2.21. The number of nitrogens with zero attached hydrogens (tertiary/aromatic N) is 1. The Hall–Kier alpha value is -1.59. The summed E-state index contributed by atoms with van der Waals surface area (Å²) >= 11 is 0. The van der Waals surface area contributed by atoms with E-state index >= 15 is 0 Å². The first-order valence-corrected chi connectivity index (χ1v) is 8.24. The minimum atomic E-state index is -0.182. The first-order chi connectivity index (χ1) is 11.0. The average Bonchev–Trinajstić information content (AvgIpc) is 3.05. The van der Waals surface area contributed by atoms with Gasteiger partial charge < -0.3 is 14.8 Å². The molecule has 0 aromatic heterocycles. The summed E-state index contributed by atoms with van der Waals surface area (Å²) in [5.41, 5.74) is 2.28. The molecule has 5 nitrogen and oxygen atoms in total. The van der Waals surface area contributed by atoms with Crippen molar-refractivity contribution in [2.45, 2.75) is 45.4 Å². The van der Waals surface area contributed by atoms with E-state index in [2.05, 4.69) is 11.4 Å². The van der Waals surface area contributed by atoms with Crippen LogP contribution in [0.3, 0.4) is 0 Å². The molecule has 1 aromatic rings. The van der Waals surface area contributed by atoms with Gasteiger partial charge in [0.1, 0.15) is 5.75 Å². The van der Waals surface area contributed by atoms with Crippen molar-refractivity contribution in [2.24, 2.45) is 0 Å². The van der Waals surface area contributed by atoms with Crippen molar-refractivity contribution in [3.05, 3.63) is 29.3 Å². The Labute approximate surface area is 139 Å². The van der Waals surface area contributed by atoms with E-state index in [1.807, 2.05) is 37.9 Å². The van der Waals surface area contributed by atoms with Gasteiger partial charge in [-0.2, -0.15) is 0 Å². The summed E-state index contributed by atoms with van der Waals surface area (Å²) in [5.74, 6) is 0.937. The number of carbonyl (C=O) groups excluding carboxylic acids is 1. The van der Waals surface area contributed by atoms with E-state index in [0.717, 1.165) is 37.3 Å². The molecule has 0 unspecified atom stereocenters. The summed E-state index contributed by atoms with van der Waals surface area (Å²) in [6.07, 6.45) is 2.31. The maximum atomic E-state index is 12.3. The van der Waals surface area contributed by atoms with Crippen molar-refractivity contribution in [1.29, 1.82) is 0 Å². The summed E-state index contributed by atoms with van der Waals surface area (Å²) in [7, 11) is 3.64. The van der Waals surface area contributed by atoms with Crippen LogP contribution in [0.1, 0.15) is 30.9 Å². The standard InChI is InChI=1S/C18H28N2O3/c1-13-10-15(7-8-17(13)22-4)12-20(3)14(2)18(21)19-11-16-6-5-9-23-16/h7-8,10,14,16H,5-6,9,11-12H2,1-4H3,(H,19,21)/t14-,16+/m1/s1. The molecular weight excluding hydrogens is 292 g/mol. The number of ether oxygens (including phenoxy) is 2. The smallest absolute Gasteiger partial charge is 0.237 e. The van der Waals surface area contributed by atoms with Gasteiger partial charge in [-0.15, -0.1) is 0 Å². The Balaban J connectivity index is 1.84. The Bertz CT molecular complexity index is 527. The topological polar surface area (TPSA) is 50.8 Å². The third kappa shape index (κ3) is 4.94. The van der Waals surface area contributed by atoms with Gasteiger partial charge in [-0.1, -0.05) is 12.1 Å². The van der Waals surface area contributed by atoms with Crippen LogP contribution in [-0.2, 0) is 16.1 Å². The number of hydrogen-bond donors (Lipinski definition) is 1. The molecule has 1 heterocycles. The van der Waals surface area contributed by atoms with E-state index in [1.165, 1.54) is 5.56 Å². The van der Waals surface area contributed by atoms with Crippen LogP contribution in [-0.4, -0.2) is 50.3 Å². The van der Waals surface area contributed by atoms with Gasteiger partial charge in [0.15, 0.2) is 0 Å². The minimum absolute atomic E-state index is 0.0493. The third-order valence-corrected chi connectivity index (χ3v) is 4.46. The predicted octanol–water partition coefficient (Wildman–Crippen LogP) is 2.12. The van der Waals surface area contributed by atoms with Gasteiger partial charge in [0.25, 0.3) is 0 Å². The molecule has 1 amide bonds. The first-order valence-electron chi connectivity index (χ1n) is 8.24. The molecule has 0 spiro atoms. The predicted molar refractivity (Wildman–Crippen MR) is 90.6 cm³/mol. The van der Waals surface area contributed by atoms with E-state index in [-0.39, 0.29) is 18.1 Å². The quantitative estimate of drug-likeness (QED) is 0.836. The maximum absolute atomic E-state index is 12.3. The lowest BCUT2D eigenvalue weighted by molar-refractivity contribution is -0.126. The minimum Gasteiger partial charge on any atom is -0.496 e. The number of likely N-dealkylation sites (N-methyl/N-ethyl adjacent to an activating group) is 1. The molecule has 0 aliphatic carbocycles. The first kappa shape index (κ1) is 17.8. The van der Waals surface area contributed by atoms with E-state index < -0.39 is 0 Å². The van der Waals surface area contributed by atoms with Crippen molar-refractivity contribution in [2.75, 3.05) is 27.3 Å². The number of carbonyl (C=O) groups is 1. The summed E-state index contributed by atoms with van der Waals surface area (Å²) in [6.45, 7) is 6.10. The largest absolute Gasteiger partial charge is 0.496 e. The molecule has 23 heavy (non-hydrogen) atoms. The van der Waals surface area contributed by atoms with Gasteiger partial charge in [-0.3, -0.25) is 9.69 Å². The number of hydrogen-bond acceptors (Lipinski definition) is 4. The molecule has 2 rings (SSSR count). The highest BCUT2D eigenvalue weighted by Crippen LogP contribution is 2.19. The monoisotopic (exact) mass is 320 g/mol. The lowest BCUT2D eigenvalue weighted by atomic mass is 10.1. The maximum Gasteiger partial charge on any atom is 0.237 e. The number of rotatable bonds is 7. The van der Waals surface area contributed by atoms with Crippen LogP contribution < -0.4 is 10.1 Å². The second kappa shape index (κ2) is 8.31. The summed E-state index contributed by atoms with van der Waals surface area (Å²) in [5, 5.41) is 3.00. The van der Waals surface area contributed by atoms with Gasteiger partial charge in [0, 0.05) is 19.7 Å². The zero-order valence-corrected chi connectivity index (χ0v) is 14.6. The average molecular weight is 320 g/mol. The second-order valence-electron chi connectivity index (χ2n) is 6.28. The number of methoxy groups -OCH3 is 1. The Kier molecular flexibility index (Phi) is 6.42. The number of amides is 1. The molecule has 1 saturated heterocycles. The van der Waals surface area contributed by atoms with Crippen molar-refractivity contribution in [3.63, 3.8) is 0 Å². The van der Waals surface area contributed by atoms with Crippen LogP contribution in [0.4, 0.5) is 0 Å². The lowest BCUT2D eigenvalue weighted by Gasteiger charge is -2.24. The normalized spacial score (nSPS) is 18.9. The van der Waals surface area contributed by atoms with E-state index in [9.17, 15) is 4.79 Å².